The molecule has 0 bridgehead atoms. The van der Waals surface area contributed by atoms with Crippen molar-refractivity contribution in [3.8, 4) is 0 Å². The summed E-state index contributed by atoms with van der Waals surface area (Å²) in [4.78, 5) is 4.65. The van der Waals surface area contributed by atoms with E-state index in [0.29, 0.717) is 5.92 Å². The van der Waals surface area contributed by atoms with E-state index in [2.05, 4.69) is 18.8 Å². The summed E-state index contributed by atoms with van der Waals surface area (Å²) in [7, 11) is 0. The van der Waals surface area contributed by atoms with Gasteiger partial charge in [0.05, 0.1) is 5.52 Å². The second-order valence-corrected chi connectivity index (χ2v) is 5.74. The number of hydrogen-bond acceptors (Lipinski definition) is 1. The van der Waals surface area contributed by atoms with Crippen LogP contribution in [0.25, 0.3) is 10.9 Å². The molecule has 0 fully saturated rings. The minimum Gasteiger partial charge on any atom is -0.253 e. The molecular formula is C17H20FN. The standard InChI is InChI=1S/C17H20FN/c1-5-12-11(4)19-15-8-14(18)10(3)13-7-6-9(2)16(12)17(13)15/h8-9H,5-7H2,1-4H3/t9-/m0/s1. The van der Waals surface area contributed by atoms with Crippen molar-refractivity contribution < 1.29 is 4.39 Å². The van der Waals surface area contributed by atoms with Crippen LogP contribution in [0.1, 0.15) is 54.1 Å². The van der Waals surface area contributed by atoms with Gasteiger partial charge in [0.15, 0.2) is 0 Å². The molecule has 0 saturated carbocycles. The van der Waals surface area contributed by atoms with E-state index in [1.165, 1.54) is 22.1 Å². The Bertz CT molecular complexity index is 673. The molecule has 0 N–H and O–H groups in total. The second kappa shape index (κ2) is 4.29. The zero-order valence-corrected chi connectivity index (χ0v) is 12.1. The molecule has 0 saturated heterocycles. The van der Waals surface area contributed by atoms with Gasteiger partial charge in [0.2, 0.25) is 0 Å². The van der Waals surface area contributed by atoms with Crippen molar-refractivity contribution in [2.75, 3.05) is 0 Å². The Hall–Kier alpha value is -1.44. The summed E-state index contributed by atoms with van der Waals surface area (Å²) < 4.78 is 14.0. The summed E-state index contributed by atoms with van der Waals surface area (Å²) in [6.45, 7) is 8.42. The Labute approximate surface area is 113 Å². The summed E-state index contributed by atoms with van der Waals surface area (Å²) in [5, 5.41) is 1.24. The Morgan fingerprint density at radius 2 is 2.11 bits per heavy atom. The average molecular weight is 257 g/mol. The largest absolute Gasteiger partial charge is 0.253 e. The minimum absolute atomic E-state index is 0.112. The van der Waals surface area contributed by atoms with Crippen molar-refractivity contribution in [1.29, 1.82) is 0 Å². The molecule has 1 nitrogen and oxygen atoms in total. The maximum atomic E-state index is 14.0. The third-order valence-corrected chi connectivity index (χ3v) is 4.63. The van der Waals surface area contributed by atoms with Gasteiger partial charge in [-0.2, -0.15) is 0 Å². The van der Waals surface area contributed by atoms with Crippen molar-refractivity contribution in [2.24, 2.45) is 0 Å². The number of benzene rings is 1. The van der Waals surface area contributed by atoms with Crippen LogP contribution < -0.4 is 0 Å². The van der Waals surface area contributed by atoms with E-state index in [9.17, 15) is 4.39 Å². The summed E-state index contributed by atoms with van der Waals surface area (Å²) >= 11 is 0. The smallest absolute Gasteiger partial charge is 0.128 e. The predicted octanol–water partition coefficient (Wildman–Crippen LogP) is 4.60. The Balaban J connectivity index is 2.52. The van der Waals surface area contributed by atoms with Crippen molar-refractivity contribution >= 4 is 10.9 Å². The molecule has 1 aliphatic carbocycles. The summed E-state index contributed by atoms with van der Waals surface area (Å²) in [5.74, 6) is 0.440. The number of halogens is 1. The maximum absolute atomic E-state index is 14.0. The van der Waals surface area contributed by atoms with Crippen LogP contribution in [0.5, 0.6) is 0 Å². The van der Waals surface area contributed by atoms with E-state index in [4.69, 9.17) is 0 Å². The first kappa shape index (κ1) is 12.6. The van der Waals surface area contributed by atoms with Gasteiger partial charge in [-0.3, -0.25) is 4.98 Å². The van der Waals surface area contributed by atoms with Gasteiger partial charge in [-0.05, 0) is 61.3 Å². The maximum Gasteiger partial charge on any atom is 0.128 e. The highest BCUT2D eigenvalue weighted by Crippen LogP contribution is 2.40. The quantitative estimate of drug-likeness (QED) is 0.727. The third-order valence-electron chi connectivity index (χ3n) is 4.63. The van der Waals surface area contributed by atoms with Gasteiger partial charge in [0.1, 0.15) is 5.82 Å². The Morgan fingerprint density at radius 3 is 2.79 bits per heavy atom. The van der Waals surface area contributed by atoms with Crippen LogP contribution in [-0.4, -0.2) is 4.98 Å². The first-order chi connectivity index (χ1) is 9.04. The molecule has 19 heavy (non-hydrogen) atoms. The van der Waals surface area contributed by atoms with E-state index in [1.54, 1.807) is 6.07 Å². The van der Waals surface area contributed by atoms with E-state index >= 15 is 0 Å². The lowest BCUT2D eigenvalue weighted by atomic mass is 9.78. The fourth-order valence-electron chi connectivity index (χ4n) is 3.58. The fraction of sp³-hybridized carbons (Fsp3) is 0.471. The van der Waals surface area contributed by atoms with Gasteiger partial charge in [-0.1, -0.05) is 13.8 Å². The molecule has 0 aliphatic heterocycles. The number of rotatable bonds is 1. The Morgan fingerprint density at radius 1 is 1.37 bits per heavy atom. The first-order valence-electron chi connectivity index (χ1n) is 7.15. The van der Waals surface area contributed by atoms with Crippen molar-refractivity contribution in [1.82, 2.24) is 4.98 Å². The van der Waals surface area contributed by atoms with E-state index in [0.717, 1.165) is 36.0 Å². The zero-order chi connectivity index (χ0) is 13.7. The van der Waals surface area contributed by atoms with Crippen LogP contribution in [0.15, 0.2) is 6.07 Å². The molecule has 2 heteroatoms. The van der Waals surface area contributed by atoms with Crippen LogP contribution in [-0.2, 0) is 12.8 Å². The molecule has 1 atom stereocenters. The minimum atomic E-state index is -0.112. The van der Waals surface area contributed by atoms with Gasteiger partial charge in [0.25, 0.3) is 0 Å². The molecule has 1 aromatic heterocycles. The molecule has 0 radical (unpaired) electrons. The predicted molar refractivity (Wildman–Crippen MR) is 77.3 cm³/mol. The summed E-state index contributed by atoms with van der Waals surface area (Å²) in [6.07, 6.45) is 3.09. The molecule has 2 aromatic rings. The lowest BCUT2D eigenvalue weighted by Crippen LogP contribution is -2.13. The van der Waals surface area contributed by atoms with Crippen LogP contribution in [0.3, 0.4) is 0 Å². The number of aryl methyl sites for hydroxylation is 2. The molecule has 1 heterocycles. The lowest BCUT2D eigenvalue weighted by Gasteiger charge is -2.27. The Kier molecular flexibility index (Phi) is 2.84. The molecule has 1 aromatic carbocycles. The van der Waals surface area contributed by atoms with Crippen LogP contribution >= 0.6 is 0 Å². The zero-order valence-electron chi connectivity index (χ0n) is 12.1. The molecule has 0 unspecified atom stereocenters. The van der Waals surface area contributed by atoms with E-state index in [-0.39, 0.29) is 5.82 Å². The normalized spacial score (nSPS) is 18.1. The number of aromatic nitrogens is 1. The SMILES string of the molecule is CCc1c(C)nc2cc(F)c(C)c3c2c1[C@@H](C)CC3. The summed E-state index contributed by atoms with van der Waals surface area (Å²) in [6, 6.07) is 1.61. The summed E-state index contributed by atoms with van der Waals surface area (Å²) in [5.41, 5.74) is 6.70. The van der Waals surface area contributed by atoms with Crippen molar-refractivity contribution in [3.63, 3.8) is 0 Å². The lowest BCUT2D eigenvalue weighted by molar-refractivity contribution is 0.607. The average Bonchev–Trinajstić information content (AvgIpc) is 2.38. The third kappa shape index (κ3) is 1.69. The number of hydrogen-bond donors (Lipinski definition) is 0. The highest BCUT2D eigenvalue weighted by Gasteiger charge is 2.25. The van der Waals surface area contributed by atoms with Crippen molar-refractivity contribution in [2.45, 2.75) is 52.9 Å². The topological polar surface area (TPSA) is 12.9 Å². The number of nitrogens with zero attached hydrogens (tertiary/aromatic N) is 1. The highest BCUT2D eigenvalue weighted by atomic mass is 19.1. The van der Waals surface area contributed by atoms with Gasteiger partial charge < -0.3 is 0 Å². The van der Waals surface area contributed by atoms with Crippen LogP contribution in [0.2, 0.25) is 0 Å². The van der Waals surface area contributed by atoms with Crippen LogP contribution in [0.4, 0.5) is 4.39 Å². The van der Waals surface area contributed by atoms with Crippen LogP contribution in [0, 0.1) is 19.7 Å². The van der Waals surface area contributed by atoms with Gasteiger partial charge in [-0.25, -0.2) is 4.39 Å². The van der Waals surface area contributed by atoms with E-state index < -0.39 is 0 Å². The van der Waals surface area contributed by atoms with Gasteiger partial charge in [-0.15, -0.1) is 0 Å². The molecular weight excluding hydrogens is 237 g/mol. The van der Waals surface area contributed by atoms with Gasteiger partial charge in [0, 0.05) is 17.1 Å². The van der Waals surface area contributed by atoms with Gasteiger partial charge >= 0.3 is 0 Å². The number of pyridine rings is 1. The second-order valence-electron chi connectivity index (χ2n) is 5.74. The van der Waals surface area contributed by atoms with E-state index in [1.807, 2.05) is 13.8 Å². The molecule has 100 valence electrons. The van der Waals surface area contributed by atoms with Crippen molar-refractivity contribution in [3.05, 3.63) is 39.8 Å². The molecule has 0 spiro atoms. The highest BCUT2D eigenvalue weighted by molar-refractivity contribution is 5.89. The molecule has 3 rings (SSSR count). The molecule has 0 amide bonds. The molecule has 1 aliphatic rings. The fourth-order valence-corrected chi connectivity index (χ4v) is 3.58. The monoisotopic (exact) mass is 257 g/mol. The first-order valence-corrected chi connectivity index (χ1v) is 7.15.